The molecule has 1 aliphatic carbocycles. The monoisotopic (exact) mass is 317 g/mol. The van der Waals surface area contributed by atoms with Crippen LogP contribution >= 0.6 is 0 Å². The third-order valence-electron chi connectivity index (χ3n) is 3.97. The van der Waals surface area contributed by atoms with Gasteiger partial charge in [0.1, 0.15) is 11.4 Å². The number of carbonyl (C=O) groups excluding carboxylic acids is 1. The van der Waals surface area contributed by atoms with Crippen LogP contribution < -0.4 is 9.64 Å². The molecule has 0 spiro atoms. The largest absolute Gasteiger partial charge is 0.497 e. The molecule has 0 aliphatic heterocycles. The van der Waals surface area contributed by atoms with E-state index in [1.807, 2.05) is 51.2 Å². The van der Waals surface area contributed by atoms with Crippen molar-refractivity contribution in [2.24, 2.45) is 5.92 Å². The fraction of sp³-hybridized carbons (Fsp3) is 0.526. The Bertz CT molecular complexity index is 569. The van der Waals surface area contributed by atoms with Gasteiger partial charge in [0.05, 0.1) is 12.8 Å². The molecule has 1 amide bonds. The Kier molecular flexibility index (Phi) is 5.34. The standard InChI is InChI=1S/C19H27NO3/c1-14-7-6-8-15(14)13-20(18(21)23-19(2,3)4)16-9-11-17(22-5)12-10-16/h9-14H,6-8H2,1-5H3/b15-13+/t14-/m1/s1. The van der Waals surface area contributed by atoms with Gasteiger partial charge in [-0.15, -0.1) is 0 Å². The summed E-state index contributed by atoms with van der Waals surface area (Å²) in [6.45, 7) is 7.84. The molecule has 0 radical (unpaired) electrons. The second kappa shape index (κ2) is 7.07. The fourth-order valence-electron chi connectivity index (χ4n) is 2.69. The van der Waals surface area contributed by atoms with Crippen molar-refractivity contribution in [3.05, 3.63) is 36.0 Å². The molecule has 0 bridgehead atoms. The van der Waals surface area contributed by atoms with E-state index in [0.717, 1.165) is 17.9 Å². The predicted octanol–water partition coefficient (Wildman–Crippen LogP) is 5.14. The summed E-state index contributed by atoms with van der Waals surface area (Å²) in [7, 11) is 1.63. The van der Waals surface area contributed by atoms with Crippen LogP contribution in [0.3, 0.4) is 0 Å². The van der Waals surface area contributed by atoms with Gasteiger partial charge in [-0.1, -0.05) is 12.5 Å². The molecule has 23 heavy (non-hydrogen) atoms. The van der Waals surface area contributed by atoms with Crippen molar-refractivity contribution in [2.75, 3.05) is 12.0 Å². The average Bonchev–Trinajstić information content (AvgIpc) is 2.88. The molecule has 1 aromatic carbocycles. The van der Waals surface area contributed by atoms with Crippen molar-refractivity contribution < 1.29 is 14.3 Å². The van der Waals surface area contributed by atoms with Crippen LogP contribution in [0, 0.1) is 5.92 Å². The van der Waals surface area contributed by atoms with E-state index in [-0.39, 0.29) is 6.09 Å². The van der Waals surface area contributed by atoms with Crippen LogP contribution in [0.25, 0.3) is 0 Å². The zero-order chi connectivity index (χ0) is 17.0. The van der Waals surface area contributed by atoms with Gasteiger partial charge in [0, 0.05) is 6.20 Å². The molecule has 0 unspecified atom stereocenters. The minimum atomic E-state index is -0.526. The summed E-state index contributed by atoms with van der Waals surface area (Å²) in [5, 5.41) is 0. The summed E-state index contributed by atoms with van der Waals surface area (Å²) in [4.78, 5) is 14.2. The second-order valence-corrected chi connectivity index (χ2v) is 7.05. The lowest BCUT2D eigenvalue weighted by Gasteiger charge is -2.26. The number of anilines is 1. The number of benzene rings is 1. The van der Waals surface area contributed by atoms with Gasteiger partial charge in [-0.05, 0) is 70.2 Å². The van der Waals surface area contributed by atoms with Gasteiger partial charge in [-0.3, -0.25) is 4.90 Å². The molecule has 0 aromatic heterocycles. The zero-order valence-corrected chi connectivity index (χ0v) is 14.8. The molecule has 126 valence electrons. The normalized spacial score (nSPS) is 19.7. The Morgan fingerprint density at radius 3 is 2.39 bits per heavy atom. The van der Waals surface area contributed by atoms with Crippen LogP contribution in [0.2, 0.25) is 0 Å². The summed E-state index contributed by atoms with van der Waals surface area (Å²) >= 11 is 0. The number of rotatable bonds is 3. The van der Waals surface area contributed by atoms with E-state index in [4.69, 9.17) is 9.47 Å². The Morgan fingerprint density at radius 1 is 1.26 bits per heavy atom. The molecule has 1 atom stereocenters. The van der Waals surface area contributed by atoms with Crippen molar-refractivity contribution in [2.45, 2.75) is 52.6 Å². The quantitative estimate of drug-likeness (QED) is 0.774. The molecular weight excluding hydrogens is 290 g/mol. The number of ether oxygens (including phenoxy) is 2. The average molecular weight is 317 g/mol. The van der Waals surface area contributed by atoms with E-state index >= 15 is 0 Å². The van der Waals surface area contributed by atoms with Crippen molar-refractivity contribution >= 4 is 11.8 Å². The topological polar surface area (TPSA) is 38.8 Å². The van der Waals surface area contributed by atoms with Crippen LogP contribution in [0.15, 0.2) is 36.0 Å². The van der Waals surface area contributed by atoms with Crippen molar-refractivity contribution in [3.63, 3.8) is 0 Å². The highest BCUT2D eigenvalue weighted by Crippen LogP contribution is 2.32. The van der Waals surface area contributed by atoms with Crippen LogP contribution in [0.1, 0.15) is 47.0 Å². The number of carbonyl (C=O) groups is 1. The van der Waals surface area contributed by atoms with E-state index in [2.05, 4.69) is 6.92 Å². The minimum Gasteiger partial charge on any atom is -0.497 e. The SMILES string of the molecule is COc1ccc(N(/C=C2\CCC[C@H]2C)C(=O)OC(C)(C)C)cc1. The zero-order valence-electron chi connectivity index (χ0n) is 14.8. The van der Waals surface area contributed by atoms with Gasteiger partial charge in [-0.2, -0.15) is 0 Å². The lowest BCUT2D eigenvalue weighted by atomic mass is 10.1. The van der Waals surface area contributed by atoms with Gasteiger partial charge >= 0.3 is 6.09 Å². The molecule has 1 saturated carbocycles. The first kappa shape index (κ1) is 17.4. The molecule has 4 nitrogen and oxygen atoms in total. The smallest absolute Gasteiger partial charge is 0.418 e. The molecular formula is C19H27NO3. The maximum absolute atomic E-state index is 12.6. The van der Waals surface area contributed by atoms with Gasteiger partial charge in [-0.25, -0.2) is 4.79 Å². The third-order valence-corrected chi connectivity index (χ3v) is 3.97. The number of hydrogen-bond acceptors (Lipinski definition) is 3. The highest BCUT2D eigenvalue weighted by Gasteiger charge is 2.25. The predicted molar refractivity (Wildman–Crippen MR) is 92.8 cm³/mol. The molecule has 4 heteroatoms. The van der Waals surface area contributed by atoms with E-state index in [9.17, 15) is 4.79 Å². The highest BCUT2D eigenvalue weighted by molar-refractivity contribution is 5.90. The molecule has 2 rings (SSSR count). The highest BCUT2D eigenvalue weighted by atomic mass is 16.6. The molecule has 0 heterocycles. The Labute approximate surface area is 139 Å². The lowest BCUT2D eigenvalue weighted by molar-refractivity contribution is 0.0596. The van der Waals surface area contributed by atoms with Crippen molar-refractivity contribution in [3.8, 4) is 5.75 Å². The molecule has 1 aromatic rings. The van der Waals surface area contributed by atoms with E-state index < -0.39 is 5.60 Å². The summed E-state index contributed by atoms with van der Waals surface area (Å²) < 4.78 is 10.8. The summed E-state index contributed by atoms with van der Waals surface area (Å²) in [5.74, 6) is 1.28. The van der Waals surface area contributed by atoms with Crippen molar-refractivity contribution in [1.29, 1.82) is 0 Å². The second-order valence-electron chi connectivity index (χ2n) is 7.05. The van der Waals surface area contributed by atoms with Gasteiger partial charge in [0.25, 0.3) is 0 Å². The first-order chi connectivity index (χ1) is 10.8. The first-order valence-corrected chi connectivity index (χ1v) is 8.17. The third kappa shape index (κ3) is 4.75. The molecule has 0 saturated heterocycles. The number of methoxy groups -OCH3 is 1. The van der Waals surface area contributed by atoms with Crippen molar-refractivity contribution in [1.82, 2.24) is 0 Å². The maximum Gasteiger partial charge on any atom is 0.418 e. The maximum atomic E-state index is 12.6. The summed E-state index contributed by atoms with van der Waals surface area (Å²) in [5.41, 5.74) is 1.56. The van der Waals surface area contributed by atoms with Crippen LogP contribution in [-0.2, 0) is 4.74 Å². The fourth-order valence-corrected chi connectivity index (χ4v) is 2.69. The summed E-state index contributed by atoms with van der Waals surface area (Å²) in [6.07, 6.45) is 4.99. The number of hydrogen-bond donors (Lipinski definition) is 0. The Hall–Kier alpha value is -1.97. The van der Waals surface area contributed by atoms with E-state index in [1.165, 1.54) is 18.4 Å². The Balaban J connectivity index is 2.31. The number of amides is 1. The minimum absolute atomic E-state index is 0.353. The number of nitrogens with zero attached hydrogens (tertiary/aromatic N) is 1. The van der Waals surface area contributed by atoms with Crippen LogP contribution in [0.4, 0.5) is 10.5 Å². The molecule has 0 N–H and O–H groups in total. The first-order valence-electron chi connectivity index (χ1n) is 8.17. The van der Waals surface area contributed by atoms with Gasteiger partial charge in [0.2, 0.25) is 0 Å². The van der Waals surface area contributed by atoms with E-state index in [1.54, 1.807) is 12.0 Å². The van der Waals surface area contributed by atoms with Gasteiger partial charge < -0.3 is 9.47 Å². The van der Waals surface area contributed by atoms with Gasteiger partial charge in [0.15, 0.2) is 0 Å². The Morgan fingerprint density at radius 2 is 1.91 bits per heavy atom. The van der Waals surface area contributed by atoms with E-state index in [0.29, 0.717) is 5.92 Å². The number of allylic oxidation sites excluding steroid dienone is 1. The lowest BCUT2D eigenvalue weighted by Crippen LogP contribution is -2.34. The molecule has 1 fully saturated rings. The molecule has 1 aliphatic rings. The summed E-state index contributed by atoms with van der Waals surface area (Å²) in [6, 6.07) is 7.45. The van der Waals surface area contributed by atoms with Crippen LogP contribution in [0.5, 0.6) is 5.75 Å². The van der Waals surface area contributed by atoms with Crippen LogP contribution in [-0.4, -0.2) is 18.8 Å².